The zero-order valence-corrected chi connectivity index (χ0v) is 13.5. The van der Waals surface area contributed by atoms with Gasteiger partial charge in [-0.3, -0.25) is 9.59 Å². The maximum atomic E-state index is 12.4. The quantitative estimate of drug-likeness (QED) is 0.881. The molecule has 0 spiro atoms. The van der Waals surface area contributed by atoms with E-state index in [2.05, 4.69) is 4.98 Å². The number of amides is 1. The van der Waals surface area contributed by atoms with Crippen molar-refractivity contribution in [2.45, 2.75) is 31.8 Å². The Labute approximate surface area is 138 Å². The first kappa shape index (κ1) is 15.7. The van der Waals surface area contributed by atoms with Crippen molar-refractivity contribution in [2.24, 2.45) is 5.92 Å². The Kier molecular flexibility index (Phi) is 4.76. The Hall–Kier alpha value is -2.15. The van der Waals surface area contributed by atoms with E-state index in [-0.39, 0.29) is 11.9 Å². The molecular formula is C16H19N3O3S. The topological polar surface area (TPSA) is 75.4 Å². The number of hydrogen-bond donors (Lipinski definition) is 1. The van der Waals surface area contributed by atoms with E-state index in [1.807, 2.05) is 28.3 Å². The zero-order chi connectivity index (χ0) is 16.2. The van der Waals surface area contributed by atoms with Gasteiger partial charge in [0.05, 0.1) is 18.3 Å². The monoisotopic (exact) mass is 333 g/mol. The molecule has 1 N–H and O–H groups in total. The molecule has 0 saturated carbocycles. The summed E-state index contributed by atoms with van der Waals surface area (Å²) in [5, 5.41) is 11.5. The lowest BCUT2D eigenvalue weighted by molar-refractivity contribution is -0.152. The van der Waals surface area contributed by atoms with Crippen molar-refractivity contribution in [3.63, 3.8) is 0 Å². The molecule has 1 aliphatic heterocycles. The molecule has 0 unspecified atom stereocenters. The van der Waals surface area contributed by atoms with Gasteiger partial charge in [0.2, 0.25) is 5.91 Å². The molecule has 0 bridgehead atoms. The summed E-state index contributed by atoms with van der Waals surface area (Å²) in [6.45, 7) is 1.32. The molecule has 0 aromatic carbocycles. The van der Waals surface area contributed by atoms with Crippen LogP contribution in [-0.4, -0.2) is 38.0 Å². The van der Waals surface area contributed by atoms with E-state index in [1.54, 1.807) is 17.4 Å². The first-order valence-electron chi connectivity index (χ1n) is 7.68. The van der Waals surface area contributed by atoms with Gasteiger partial charge in [-0.1, -0.05) is 6.07 Å². The first-order chi connectivity index (χ1) is 11.2. The Balaban J connectivity index is 1.75. The molecule has 122 valence electrons. The summed E-state index contributed by atoms with van der Waals surface area (Å²) in [5.41, 5.74) is 0. The number of likely N-dealkylation sites (tertiary alicyclic amines) is 1. The van der Waals surface area contributed by atoms with E-state index in [0.29, 0.717) is 19.4 Å². The first-order valence-corrected chi connectivity index (χ1v) is 8.56. The third kappa shape index (κ3) is 3.44. The minimum atomic E-state index is -0.824. The number of piperidine rings is 1. The molecule has 0 radical (unpaired) electrons. The minimum absolute atomic E-state index is 0.0477. The van der Waals surface area contributed by atoms with Crippen molar-refractivity contribution in [1.29, 1.82) is 0 Å². The summed E-state index contributed by atoms with van der Waals surface area (Å²) in [5.74, 6) is -1.30. The molecule has 3 rings (SSSR count). The number of carboxylic acid groups (broad SMARTS) is 1. The smallest absolute Gasteiger partial charge is 0.308 e. The van der Waals surface area contributed by atoms with Crippen LogP contribution in [0.3, 0.4) is 0 Å². The summed E-state index contributed by atoms with van der Waals surface area (Å²) >= 11 is 1.52. The van der Waals surface area contributed by atoms with Crippen LogP contribution in [0.1, 0.15) is 30.2 Å². The van der Waals surface area contributed by atoms with Crippen LogP contribution in [-0.2, 0) is 16.1 Å². The number of carboxylic acids is 1. The zero-order valence-electron chi connectivity index (χ0n) is 12.7. The highest BCUT2D eigenvalue weighted by Crippen LogP contribution is 2.38. The SMILES string of the molecule is O=C(O)[C@@H]1CCC(=O)N(CCCn2ccnc2)[C@@H]1c1cccs1. The minimum Gasteiger partial charge on any atom is -0.481 e. The van der Waals surface area contributed by atoms with Crippen LogP contribution in [0, 0.1) is 5.92 Å². The number of aryl methyl sites for hydroxylation is 1. The van der Waals surface area contributed by atoms with Gasteiger partial charge in [-0.15, -0.1) is 11.3 Å². The average Bonchev–Trinajstić information content (AvgIpc) is 3.21. The van der Waals surface area contributed by atoms with Crippen molar-refractivity contribution in [1.82, 2.24) is 14.5 Å². The fourth-order valence-electron chi connectivity index (χ4n) is 3.13. The Bertz CT molecular complexity index is 654. The Morgan fingerprint density at radius 3 is 2.96 bits per heavy atom. The fraction of sp³-hybridized carbons (Fsp3) is 0.438. The fourth-order valence-corrected chi connectivity index (χ4v) is 4.03. The molecule has 2 aromatic heterocycles. The summed E-state index contributed by atoms with van der Waals surface area (Å²) in [4.78, 5) is 30.7. The van der Waals surface area contributed by atoms with E-state index < -0.39 is 11.9 Å². The standard InChI is InChI=1S/C16H19N3O3S/c20-14-5-4-12(16(21)22)15(13-3-1-10-23-13)19(14)8-2-7-18-9-6-17-11-18/h1,3,6,9-12,15H,2,4-5,7-8H2,(H,21,22)/t12-,15+/m1/s1. The number of hydrogen-bond acceptors (Lipinski definition) is 4. The lowest BCUT2D eigenvalue weighted by Gasteiger charge is -2.39. The molecular weight excluding hydrogens is 314 g/mol. The van der Waals surface area contributed by atoms with E-state index in [1.165, 1.54) is 11.3 Å². The van der Waals surface area contributed by atoms with Crippen LogP contribution in [0.4, 0.5) is 0 Å². The molecule has 1 saturated heterocycles. The highest BCUT2D eigenvalue weighted by Gasteiger charge is 2.40. The Morgan fingerprint density at radius 1 is 1.43 bits per heavy atom. The number of aliphatic carboxylic acids is 1. The second-order valence-corrected chi connectivity index (χ2v) is 6.66. The van der Waals surface area contributed by atoms with E-state index in [0.717, 1.165) is 17.8 Å². The van der Waals surface area contributed by atoms with Crippen molar-refractivity contribution in [2.75, 3.05) is 6.54 Å². The van der Waals surface area contributed by atoms with Crippen molar-refractivity contribution in [3.05, 3.63) is 41.1 Å². The summed E-state index contributed by atoms with van der Waals surface area (Å²) < 4.78 is 1.96. The van der Waals surface area contributed by atoms with Gasteiger partial charge in [0.25, 0.3) is 0 Å². The van der Waals surface area contributed by atoms with Gasteiger partial charge in [0.15, 0.2) is 0 Å². The Morgan fingerprint density at radius 2 is 2.30 bits per heavy atom. The van der Waals surface area contributed by atoms with E-state index in [9.17, 15) is 14.7 Å². The molecule has 1 amide bonds. The lowest BCUT2D eigenvalue weighted by Crippen LogP contribution is -2.45. The average molecular weight is 333 g/mol. The van der Waals surface area contributed by atoms with Gasteiger partial charge < -0.3 is 14.6 Å². The van der Waals surface area contributed by atoms with E-state index >= 15 is 0 Å². The summed E-state index contributed by atoms with van der Waals surface area (Å²) in [7, 11) is 0. The van der Waals surface area contributed by atoms with Gasteiger partial charge in [-0.2, -0.15) is 0 Å². The van der Waals surface area contributed by atoms with Gasteiger partial charge in [-0.25, -0.2) is 4.98 Å². The third-order valence-corrected chi connectivity index (χ3v) is 5.18. The largest absolute Gasteiger partial charge is 0.481 e. The van der Waals surface area contributed by atoms with Crippen LogP contribution >= 0.6 is 11.3 Å². The van der Waals surface area contributed by atoms with Crippen LogP contribution in [0.25, 0.3) is 0 Å². The number of imidazole rings is 1. The number of rotatable bonds is 6. The lowest BCUT2D eigenvalue weighted by atomic mass is 9.87. The van der Waals surface area contributed by atoms with Crippen LogP contribution in [0.2, 0.25) is 0 Å². The molecule has 1 aliphatic rings. The van der Waals surface area contributed by atoms with Crippen molar-refractivity contribution in [3.8, 4) is 0 Å². The van der Waals surface area contributed by atoms with Gasteiger partial charge in [0, 0.05) is 36.8 Å². The molecule has 3 heterocycles. The maximum Gasteiger partial charge on any atom is 0.308 e. The normalized spacial score (nSPS) is 21.6. The van der Waals surface area contributed by atoms with Crippen molar-refractivity contribution >= 4 is 23.2 Å². The molecule has 6 nitrogen and oxygen atoms in total. The molecule has 2 aromatic rings. The predicted octanol–water partition coefficient (Wildman–Crippen LogP) is 2.40. The predicted molar refractivity (Wildman–Crippen MR) is 86.0 cm³/mol. The summed E-state index contributed by atoms with van der Waals surface area (Å²) in [6, 6.07) is 3.48. The van der Waals surface area contributed by atoms with Crippen LogP contribution in [0.5, 0.6) is 0 Å². The number of aromatic nitrogens is 2. The summed E-state index contributed by atoms with van der Waals surface area (Å²) in [6.07, 6.45) is 6.85. The number of nitrogens with zero attached hydrogens (tertiary/aromatic N) is 3. The van der Waals surface area contributed by atoms with Crippen LogP contribution in [0.15, 0.2) is 36.2 Å². The second kappa shape index (κ2) is 6.95. The third-order valence-electron chi connectivity index (χ3n) is 4.23. The molecule has 7 heteroatoms. The maximum absolute atomic E-state index is 12.4. The molecule has 23 heavy (non-hydrogen) atoms. The molecule has 0 aliphatic carbocycles. The van der Waals surface area contributed by atoms with Crippen molar-refractivity contribution < 1.29 is 14.7 Å². The van der Waals surface area contributed by atoms with Gasteiger partial charge >= 0.3 is 5.97 Å². The number of thiophene rings is 1. The van der Waals surface area contributed by atoms with Gasteiger partial charge in [-0.05, 0) is 24.3 Å². The second-order valence-electron chi connectivity index (χ2n) is 5.68. The number of carbonyl (C=O) groups is 2. The van der Waals surface area contributed by atoms with Crippen LogP contribution < -0.4 is 0 Å². The van der Waals surface area contributed by atoms with Gasteiger partial charge in [0.1, 0.15) is 0 Å². The van der Waals surface area contributed by atoms with E-state index in [4.69, 9.17) is 0 Å². The molecule has 1 fully saturated rings. The highest BCUT2D eigenvalue weighted by molar-refractivity contribution is 7.10. The number of carbonyl (C=O) groups excluding carboxylic acids is 1. The molecule has 2 atom stereocenters. The highest BCUT2D eigenvalue weighted by atomic mass is 32.1.